The number of hydrogen-bond donors (Lipinski definition) is 2. The highest BCUT2D eigenvalue weighted by Gasteiger charge is 2.24. The molecule has 10 nitrogen and oxygen atoms in total. The molecule has 1 heterocycles. The Morgan fingerprint density at radius 3 is 2.00 bits per heavy atom. The molecule has 0 atom stereocenters. The summed E-state index contributed by atoms with van der Waals surface area (Å²) >= 11 is 0. The molecule has 2 rings (SSSR count). The molecule has 0 radical (unpaired) electrons. The van der Waals surface area contributed by atoms with Gasteiger partial charge < -0.3 is 34.5 Å². The Hall–Kier alpha value is -3.17. The number of ether oxygens (including phenoxy) is 4. The molecule has 0 unspecified atom stereocenters. The second-order valence-corrected chi connectivity index (χ2v) is 9.81. The van der Waals surface area contributed by atoms with Gasteiger partial charge in [-0.2, -0.15) is 0 Å². The summed E-state index contributed by atoms with van der Waals surface area (Å²) < 4.78 is 22.3. The maximum absolute atomic E-state index is 12.9. The Balaban J connectivity index is 1.83. The van der Waals surface area contributed by atoms with E-state index in [-0.39, 0.29) is 30.7 Å². The smallest absolute Gasteiger partial charge is 0.407 e. The van der Waals surface area contributed by atoms with Crippen molar-refractivity contribution in [1.29, 1.82) is 0 Å². The summed E-state index contributed by atoms with van der Waals surface area (Å²) in [6.07, 6.45) is 1.29. The third-order valence-electron chi connectivity index (χ3n) is 5.70. The molecule has 0 spiro atoms. The molecule has 10 heteroatoms. The Morgan fingerprint density at radius 1 is 0.919 bits per heavy atom. The van der Waals surface area contributed by atoms with Crippen molar-refractivity contribution in [2.24, 2.45) is 5.92 Å². The van der Waals surface area contributed by atoms with Crippen molar-refractivity contribution in [3.8, 4) is 17.2 Å². The highest BCUT2D eigenvalue weighted by Crippen LogP contribution is 2.39. The van der Waals surface area contributed by atoms with Crippen LogP contribution in [0.4, 0.5) is 4.79 Å². The number of likely N-dealkylation sites (tertiary alicyclic amines) is 1. The molecule has 1 fully saturated rings. The van der Waals surface area contributed by atoms with Crippen molar-refractivity contribution in [3.63, 3.8) is 0 Å². The van der Waals surface area contributed by atoms with Crippen LogP contribution in [0.5, 0.6) is 17.2 Å². The van der Waals surface area contributed by atoms with Gasteiger partial charge in [-0.25, -0.2) is 4.79 Å². The fourth-order valence-electron chi connectivity index (χ4n) is 3.99. The van der Waals surface area contributed by atoms with Gasteiger partial charge in [0.05, 0.1) is 19.8 Å². The molecule has 37 heavy (non-hydrogen) atoms. The molecule has 1 aliphatic heterocycles. The summed E-state index contributed by atoms with van der Waals surface area (Å²) in [4.78, 5) is 39.0. The van der Waals surface area contributed by atoms with Gasteiger partial charge in [0.1, 0.15) is 5.60 Å². The molecule has 1 aliphatic rings. The number of carbonyl (C=O) groups is 3. The van der Waals surface area contributed by atoms with Gasteiger partial charge in [0.15, 0.2) is 11.5 Å². The fourth-order valence-corrected chi connectivity index (χ4v) is 3.99. The van der Waals surface area contributed by atoms with E-state index in [9.17, 15) is 14.4 Å². The second-order valence-electron chi connectivity index (χ2n) is 9.81. The molecular weight excluding hydrogens is 478 g/mol. The Kier molecular flexibility index (Phi) is 11.8. The third-order valence-corrected chi connectivity index (χ3v) is 5.70. The van der Waals surface area contributed by atoms with Crippen LogP contribution >= 0.6 is 0 Å². The molecular formula is C27H43N3O7. The van der Waals surface area contributed by atoms with E-state index in [4.69, 9.17) is 18.9 Å². The lowest BCUT2D eigenvalue weighted by molar-refractivity contribution is -0.132. The van der Waals surface area contributed by atoms with Gasteiger partial charge in [-0.05, 0) is 72.4 Å². The summed E-state index contributed by atoms with van der Waals surface area (Å²) in [6.45, 7) is 14.3. The van der Waals surface area contributed by atoms with Crippen LogP contribution in [0.25, 0.3) is 0 Å². The predicted molar refractivity (Wildman–Crippen MR) is 140 cm³/mol. The molecule has 0 bridgehead atoms. The molecule has 2 N–H and O–H groups in total. The fraction of sp³-hybridized carbons (Fsp3) is 0.667. The summed E-state index contributed by atoms with van der Waals surface area (Å²) in [6, 6.07) is 3.36. The number of benzene rings is 1. The minimum absolute atomic E-state index is 0.000149. The average Bonchev–Trinajstić information content (AvgIpc) is 2.83. The Morgan fingerprint density at radius 2 is 1.49 bits per heavy atom. The topological polar surface area (TPSA) is 115 Å². The van der Waals surface area contributed by atoms with Crippen LogP contribution in [-0.4, -0.2) is 74.4 Å². The predicted octanol–water partition coefficient (Wildman–Crippen LogP) is 3.77. The van der Waals surface area contributed by atoms with Crippen molar-refractivity contribution in [2.45, 2.75) is 66.4 Å². The first-order chi connectivity index (χ1) is 17.6. The summed E-state index contributed by atoms with van der Waals surface area (Å²) in [5.74, 6) is 1.52. The van der Waals surface area contributed by atoms with E-state index in [0.29, 0.717) is 62.3 Å². The SMILES string of the molecule is CCOc1cc(C(=O)NCC2CCN(C(=O)CCNC(=O)OC(C)(C)C)CC2)cc(OCC)c1OCC. The number of amides is 3. The maximum atomic E-state index is 12.9. The number of carbonyl (C=O) groups excluding carboxylic acids is 3. The molecule has 0 aromatic heterocycles. The normalized spacial score (nSPS) is 14.1. The Bertz CT molecular complexity index is 879. The lowest BCUT2D eigenvalue weighted by Gasteiger charge is -2.32. The Labute approximate surface area is 220 Å². The van der Waals surface area contributed by atoms with E-state index in [1.54, 1.807) is 32.9 Å². The minimum atomic E-state index is -0.574. The quantitative estimate of drug-likeness (QED) is 0.430. The van der Waals surface area contributed by atoms with Gasteiger partial charge in [-0.3, -0.25) is 9.59 Å². The summed E-state index contributed by atoms with van der Waals surface area (Å²) in [5.41, 5.74) is -0.129. The van der Waals surface area contributed by atoms with E-state index >= 15 is 0 Å². The zero-order valence-electron chi connectivity index (χ0n) is 23.1. The molecule has 1 saturated heterocycles. The van der Waals surface area contributed by atoms with E-state index in [1.165, 1.54) is 0 Å². The third kappa shape index (κ3) is 10.0. The van der Waals surface area contributed by atoms with Crippen LogP contribution < -0.4 is 24.8 Å². The zero-order valence-corrected chi connectivity index (χ0v) is 23.1. The van der Waals surface area contributed by atoms with Gasteiger partial charge in [0.25, 0.3) is 5.91 Å². The van der Waals surface area contributed by atoms with Gasteiger partial charge in [0, 0.05) is 38.2 Å². The van der Waals surface area contributed by atoms with Crippen molar-refractivity contribution < 1.29 is 33.3 Å². The van der Waals surface area contributed by atoms with Crippen molar-refractivity contribution in [1.82, 2.24) is 15.5 Å². The first-order valence-corrected chi connectivity index (χ1v) is 13.2. The van der Waals surface area contributed by atoms with Crippen LogP contribution in [0.2, 0.25) is 0 Å². The van der Waals surface area contributed by atoms with Crippen molar-refractivity contribution in [2.75, 3.05) is 46.0 Å². The first kappa shape index (κ1) is 30.1. The van der Waals surface area contributed by atoms with Crippen LogP contribution in [-0.2, 0) is 9.53 Å². The highest BCUT2D eigenvalue weighted by atomic mass is 16.6. The number of alkyl carbamates (subject to hydrolysis) is 1. The number of rotatable bonds is 12. The summed E-state index contributed by atoms with van der Waals surface area (Å²) in [7, 11) is 0. The monoisotopic (exact) mass is 521 g/mol. The second kappa shape index (κ2) is 14.5. The molecule has 0 saturated carbocycles. The van der Waals surface area contributed by atoms with E-state index in [2.05, 4.69) is 10.6 Å². The van der Waals surface area contributed by atoms with Crippen LogP contribution in [0.3, 0.4) is 0 Å². The van der Waals surface area contributed by atoms with Gasteiger partial charge in [-0.1, -0.05) is 0 Å². The van der Waals surface area contributed by atoms with Gasteiger partial charge in [-0.15, -0.1) is 0 Å². The minimum Gasteiger partial charge on any atom is -0.490 e. The number of piperidine rings is 1. The van der Waals surface area contributed by atoms with E-state index < -0.39 is 11.7 Å². The van der Waals surface area contributed by atoms with Crippen molar-refractivity contribution >= 4 is 17.9 Å². The zero-order chi connectivity index (χ0) is 27.4. The molecule has 1 aromatic carbocycles. The molecule has 208 valence electrons. The lowest BCUT2D eigenvalue weighted by atomic mass is 9.96. The first-order valence-electron chi connectivity index (χ1n) is 13.2. The largest absolute Gasteiger partial charge is 0.490 e. The number of nitrogens with zero attached hydrogens (tertiary/aromatic N) is 1. The van der Waals surface area contributed by atoms with Crippen molar-refractivity contribution in [3.05, 3.63) is 17.7 Å². The number of hydrogen-bond acceptors (Lipinski definition) is 7. The average molecular weight is 522 g/mol. The van der Waals surface area contributed by atoms with Gasteiger partial charge >= 0.3 is 6.09 Å². The summed E-state index contributed by atoms with van der Waals surface area (Å²) in [5, 5.41) is 5.63. The highest BCUT2D eigenvalue weighted by molar-refractivity contribution is 5.95. The molecule has 0 aliphatic carbocycles. The molecule has 3 amide bonds. The standard InChI is InChI=1S/C27H43N3O7/c1-7-34-21-16-20(17-22(35-8-2)24(21)36-9-3)25(32)29-18-19-11-14-30(15-12-19)23(31)10-13-28-26(33)37-27(4,5)6/h16-17,19H,7-15,18H2,1-6H3,(H,28,33)(H,29,32). The van der Waals surface area contributed by atoms with Gasteiger partial charge in [0.2, 0.25) is 11.7 Å². The molecule has 1 aromatic rings. The van der Waals surface area contributed by atoms with Crippen LogP contribution in [0, 0.1) is 5.92 Å². The van der Waals surface area contributed by atoms with Crippen LogP contribution in [0.1, 0.15) is 71.2 Å². The number of nitrogens with one attached hydrogen (secondary N) is 2. The maximum Gasteiger partial charge on any atom is 0.407 e. The van der Waals surface area contributed by atoms with Crippen LogP contribution in [0.15, 0.2) is 12.1 Å². The lowest BCUT2D eigenvalue weighted by Crippen LogP contribution is -2.42. The van der Waals surface area contributed by atoms with E-state index in [1.807, 2.05) is 25.7 Å². The van der Waals surface area contributed by atoms with E-state index in [0.717, 1.165) is 12.8 Å².